The summed E-state index contributed by atoms with van der Waals surface area (Å²) in [4.78, 5) is 16.4. The fraction of sp³-hybridized carbons (Fsp3) is 0.340. The number of carbonyl (C=O) groups is 1. The summed E-state index contributed by atoms with van der Waals surface area (Å²) >= 11 is 0. The molecule has 2 aliphatic rings. The number of sulfonamides is 1. The molecule has 298 valence electrons. The molecule has 7 rings (SSSR count). The summed E-state index contributed by atoms with van der Waals surface area (Å²) in [5.74, 6) is -0.296. The summed E-state index contributed by atoms with van der Waals surface area (Å²) in [5.41, 5.74) is 7.45. The molecule has 0 aromatic heterocycles. The zero-order valence-corrected chi connectivity index (χ0v) is 33.5. The second-order valence-electron chi connectivity index (χ2n) is 15.4. The van der Waals surface area contributed by atoms with Gasteiger partial charge < -0.3 is 24.8 Å². The molecule has 1 amide bonds. The molecular weight excluding hydrogens is 735 g/mol. The lowest BCUT2D eigenvalue weighted by molar-refractivity contribution is -0.276. The second kappa shape index (κ2) is 18.7. The van der Waals surface area contributed by atoms with Crippen LogP contribution < -0.4 is 10.0 Å². The molecule has 0 spiro atoms. The smallest absolute Gasteiger partial charge is 0.241 e. The zero-order valence-electron chi connectivity index (χ0n) is 32.7. The number of hydrogen-bond acceptors (Lipinski definition) is 7. The van der Waals surface area contributed by atoms with Crippen LogP contribution in [0.1, 0.15) is 72.0 Å². The van der Waals surface area contributed by atoms with Crippen molar-refractivity contribution in [1.29, 1.82) is 0 Å². The van der Waals surface area contributed by atoms with Crippen LogP contribution in [-0.2, 0) is 43.9 Å². The first-order valence-electron chi connectivity index (χ1n) is 20.0. The lowest BCUT2D eigenvalue weighted by atomic mass is 9.89. The normalized spacial score (nSPS) is 20.8. The van der Waals surface area contributed by atoms with Gasteiger partial charge in [0.15, 0.2) is 6.29 Å². The van der Waals surface area contributed by atoms with E-state index in [9.17, 15) is 18.3 Å². The molecule has 0 radical (unpaired) electrons. The largest absolute Gasteiger partial charge is 0.392 e. The van der Waals surface area contributed by atoms with Crippen LogP contribution in [0.2, 0.25) is 0 Å². The third kappa shape index (κ3) is 10.3. The summed E-state index contributed by atoms with van der Waals surface area (Å²) in [6.07, 6.45) is 3.12. The van der Waals surface area contributed by atoms with Gasteiger partial charge in [0, 0.05) is 24.6 Å². The van der Waals surface area contributed by atoms with Crippen molar-refractivity contribution in [3.05, 3.63) is 161 Å². The van der Waals surface area contributed by atoms with Crippen molar-refractivity contribution in [3.8, 4) is 11.1 Å². The van der Waals surface area contributed by atoms with Crippen molar-refractivity contribution < 1.29 is 27.8 Å². The standard InChI is InChI=1S/C47H53N3O6S/c1-33-15-25-41(26-16-33)57(53,54)49-43(29-35-11-5-3-6-12-35)46(52)48-30-40-13-7-8-14-42(40)37-21-23-39(24-22-37)47-55-44(31-50-27-9-4-10-28-50)34(2)45(56-47)38-19-17-36(32-51)18-20-38/h3,5-8,11-26,34,43-45,47,49,51H,4,9-10,27-32H2,1-2H3,(H,48,52)/t34-,43+,44+,45+,47+/m0/s1. The number of amides is 1. The Bertz CT molecular complexity index is 2170. The van der Waals surface area contributed by atoms with E-state index in [1.807, 2.05) is 85.8 Å². The SMILES string of the molecule is Cc1ccc(S(=O)(=O)N[C@H](Cc2ccccc2)C(=O)NCc2ccccc2-c2ccc([C@@H]3O[C@H](CN4CCCCC4)[C@H](C)[C@H](c4ccc(CO)cc4)O3)cc2)cc1. The highest BCUT2D eigenvalue weighted by atomic mass is 32.2. The highest BCUT2D eigenvalue weighted by Gasteiger charge is 2.39. The molecule has 0 saturated carbocycles. The van der Waals surface area contributed by atoms with E-state index in [2.05, 4.69) is 46.1 Å². The monoisotopic (exact) mass is 787 g/mol. The summed E-state index contributed by atoms with van der Waals surface area (Å²) in [5, 5.41) is 12.7. The first kappa shape index (κ1) is 40.5. The quantitative estimate of drug-likeness (QED) is 0.106. The number of aryl methyl sites for hydroxylation is 1. The number of benzene rings is 5. The zero-order chi connectivity index (χ0) is 39.8. The van der Waals surface area contributed by atoms with Crippen molar-refractivity contribution in [2.24, 2.45) is 5.92 Å². The maximum atomic E-state index is 13.8. The van der Waals surface area contributed by atoms with Gasteiger partial charge in [-0.2, -0.15) is 4.72 Å². The van der Waals surface area contributed by atoms with E-state index >= 15 is 0 Å². The molecule has 0 bridgehead atoms. The van der Waals surface area contributed by atoms with E-state index in [-0.39, 0.29) is 42.6 Å². The van der Waals surface area contributed by atoms with E-state index in [1.54, 1.807) is 24.3 Å². The van der Waals surface area contributed by atoms with Gasteiger partial charge in [-0.3, -0.25) is 4.79 Å². The maximum Gasteiger partial charge on any atom is 0.241 e. The van der Waals surface area contributed by atoms with Crippen LogP contribution in [0.4, 0.5) is 0 Å². The molecule has 2 saturated heterocycles. The Kier molecular flexibility index (Phi) is 13.3. The minimum atomic E-state index is -3.97. The Labute approximate surface area is 337 Å². The third-order valence-corrected chi connectivity index (χ3v) is 12.7. The second-order valence-corrected chi connectivity index (χ2v) is 17.1. The number of aliphatic hydroxyl groups excluding tert-OH is 1. The number of nitrogens with one attached hydrogen (secondary N) is 2. The molecule has 0 aliphatic carbocycles. The van der Waals surface area contributed by atoms with Crippen LogP contribution in [0.15, 0.2) is 132 Å². The summed E-state index contributed by atoms with van der Waals surface area (Å²) < 4.78 is 43.0. The molecule has 2 heterocycles. The Morgan fingerprint density at radius 2 is 1.46 bits per heavy atom. The topological polar surface area (TPSA) is 117 Å². The minimum Gasteiger partial charge on any atom is -0.392 e. The summed E-state index contributed by atoms with van der Waals surface area (Å²) in [6, 6.07) is 39.1. The van der Waals surface area contributed by atoms with Gasteiger partial charge in [-0.05, 0) is 84.8 Å². The first-order chi connectivity index (χ1) is 27.7. The summed E-state index contributed by atoms with van der Waals surface area (Å²) in [6.45, 7) is 7.32. The molecule has 9 nitrogen and oxygen atoms in total. The van der Waals surface area contributed by atoms with Gasteiger partial charge in [-0.15, -0.1) is 0 Å². The number of piperidine rings is 1. The predicted molar refractivity (Wildman–Crippen MR) is 222 cm³/mol. The summed E-state index contributed by atoms with van der Waals surface area (Å²) in [7, 11) is -3.97. The van der Waals surface area contributed by atoms with E-state index in [0.717, 1.165) is 64.1 Å². The molecule has 2 fully saturated rings. The highest BCUT2D eigenvalue weighted by Crippen LogP contribution is 2.42. The Balaban J connectivity index is 1.08. The molecule has 0 unspecified atom stereocenters. The lowest BCUT2D eigenvalue weighted by Crippen LogP contribution is -2.47. The molecular formula is C47H53N3O6S. The molecule has 5 aromatic carbocycles. The van der Waals surface area contributed by atoms with Crippen molar-refractivity contribution in [2.75, 3.05) is 19.6 Å². The van der Waals surface area contributed by atoms with Gasteiger partial charge in [0.25, 0.3) is 0 Å². The van der Waals surface area contributed by atoms with Crippen molar-refractivity contribution in [2.45, 2.75) is 82.1 Å². The fourth-order valence-corrected chi connectivity index (χ4v) is 9.01. The van der Waals surface area contributed by atoms with Gasteiger partial charge >= 0.3 is 0 Å². The Morgan fingerprint density at radius 3 is 2.16 bits per heavy atom. The van der Waals surface area contributed by atoms with E-state index < -0.39 is 28.3 Å². The minimum absolute atomic E-state index is 0.00261. The lowest BCUT2D eigenvalue weighted by Gasteiger charge is -2.43. The fourth-order valence-electron chi connectivity index (χ4n) is 7.82. The van der Waals surface area contributed by atoms with Crippen molar-refractivity contribution >= 4 is 15.9 Å². The van der Waals surface area contributed by atoms with Crippen LogP contribution >= 0.6 is 0 Å². The molecule has 10 heteroatoms. The van der Waals surface area contributed by atoms with Crippen LogP contribution in [-0.4, -0.2) is 56.1 Å². The maximum absolute atomic E-state index is 13.8. The predicted octanol–water partition coefficient (Wildman–Crippen LogP) is 7.64. The third-order valence-electron chi connectivity index (χ3n) is 11.2. The number of nitrogens with zero attached hydrogens (tertiary/aromatic N) is 1. The van der Waals surface area contributed by atoms with Gasteiger partial charge in [-0.25, -0.2) is 8.42 Å². The molecule has 57 heavy (non-hydrogen) atoms. The average molecular weight is 788 g/mol. The highest BCUT2D eigenvalue weighted by molar-refractivity contribution is 7.89. The van der Waals surface area contributed by atoms with E-state index in [0.29, 0.717) is 0 Å². The van der Waals surface area contributed by atoms with Crippen LogP contribution in [0.3, 0.4) is 0 Å². The van der Waals surface area contributed by atoms with Gasteiger partial charge in [-0.1, -0.05) is 134 Å². The number of carbonyl (C=O) groups excluding carboxylic acids is 1. The van der Waals surface area contributed by atoms with E-state index in [4.69, 9.17) is 9.47 Å². The molecule has 5 atom stereocenters. The van der Waals surface area contributed by atoms with Crippen LogP contribution in [0, 0.1) is 12.8 Å². The van der Waals surface area contributed by atoms with Gasteiger partial charge in [0.1, 0.15) is 6.04 Å². The average Bonchev–Trinajstić information content (AvgIpc) is 3.24. The number of rotatable bonds is 14. The molecule has 3 N–H and O–H groups in total. The molecule has 2 aliphatic heterocycles. The number of aliphatic hydroxyl groups is 1. The van der Waals surface area contributed by atoms with Crippen molar-refractivity contribution in [3.63, 3.8) is 0 Å². The van der Waals surface area contributed by atoms with E-state index in [1.165, 1.54) is 19.3 Å². The first-order valence-corrected chi connectivity index (χ1v) is 21.5. The van der Waals surface area contributed by atoms with Crippen LogP contribution in [0.25, 0.3) is 11.1 Å². The van der Waals surface area contributed by atoms with Crippen LogP contribution in [0.5, 0.6) is 0 Å². The number of ether oxygens (including phenoxy) is 2. The Hall–Kier alpha value is -4.68. The number of likely N-dealkylation sites (tertiary alicyclic amines) is 1. The van der Waals surface area contributed by atoms with Crippen molar-refractivity contribution in [1.82, 2.24) is 14.9 Å². The Morgan fingerprint density at radius 1 is 0.789 bits per heavy atom. The molecule has 5 aromatic rings. The number of hydrogen-bond donors (Lipinski definition) is 3. The van der Waals surface area contributed by atoms with Gasteiger partial charge in [0.2, 0.25) is 15.9 Å². The van der Waals surface area contributed by atoms with Gasteiger partial charge in [0.05, 0.1) is 23.7 Å².